The van der Waals surface area contributed by atoms with E-state index in [1.165, 1.54) is 0 Å². The molecule has 6 heteroatoms. The summed E-state index contributed by atoms with van der Waals surface area (Å²) in [6.07, 6.45) is 2.90. The summed E-state index contributed by atoms with van der Waals surface area (Å²) in [4.78, 5) is 34.7. The maximum atomic E-state index is 11.9. The topological polar surface area (TPSA) is 75.3 Å². The molecule has 17 heavy (non-hydrogen) atoms. The Hall–Kier alpha value is -0.650. The number of urea groups is 1. The van der Waals surface area contributed by atoms with Gasteiger partial charge in [0, 0.05) is 0 Å². The summed E-state index contributed by atoms with van der Waals surface area (Å²) in [5, 5.41) is 4.28. The molecule has 1 saturated heterocycles. The van der Waals surface area contributed by atoms with Crippen LogP contribution in [0.3, 0.4) is 0 Å². The third-order valence-electron chi connectivity index (χ3n) is 2.94. The largest absolute Gasteiger partial charge is 1.00 e. The summed E-state index contributed by atoms with van der Waals surface area (Å²) in [7, 11) is 0. The van der Waals surface area contributed by atoms with Gasteiger partial charge in [-0.1, -0.05) is 25.5 Å². The van der Waals surface area contributed by atoms with Crippen LogP contribution >= 0.6 is 0 Å². The first kappa shape index (κ1) is 16.4. The van der Waals surface area contributed by atoms with Gasteiger partial charge in [0.15, 0.2) is 0 Å². The van der Waals surface area contributed by atoms with Crippen molar-refractivity contribution in [1.82, 2.24) is 10.6 Å². The van der Waals surface area contributed by atoms with Gasteiger partial charge in [0.2, 0.25) is 11.8 Å². The number of nitrogens with one attached hydrogen (secondary N) is 2. The number of allylic oxidation sites excluding steroid dienone is 1. The summed E-state index contributed by atoms with van der Waals surface area (Å²) in [6.45, 7) is 5.42. The van der Waals surface area contributed by atoms with Crippen LogP contribution in [-0.4, -0.2) is 17.8 Å². The average molecular weight is 247 g/mol. The Bertz CT molecular complexity index is 357. The van der Waals surface area contributed by atoms with Crippen molar-refractivity contribution in [3.63, 3.8) is 0 Å². The molecule has 0 unspecified atom stereocenters. The Labute approximate surface area is 123 Å². The van der Waals surface area contributed by atoms with Crippen LogP contribution in [-0.2, 0) is 9.59 Å². The molecule has 2 N–H and O–H groups in total. The van der Waals surface area contributed by atoms with Gasteiger partial charge in [-0.3, -0.25) is 20.2 Å². The van der Waals surface area contributed by atoms with Crippen molar-refractivity contribution in [2.75, 3.05) is 0 Å². The number of carbonyl (C=O) groups is 3. The third kappa shape index (κ3) is 2.78. The van der Waals surface area contributed by atoms with Crippen LogP contribution in [0.4, 0.5) is 4.79 Å². The van der Waals surface area contributed by atoms with E-state index >= 15 is 0 Å². The monoisotopic (exact) mass is 247 g/mol. The summed E-state index contributed by atoms with van der Waals surface area (Å²) in [5.41, 5.74) is -0.552. The van der Waals surface area contributed by atoms with Crippen molar-refractivity contribution in [1.29, 1.82) is 0 Å². The van der Waals surface area contributed by atoms with Gasteiger partial charge >= 0.3 is 35.6 Å². The fourth-order valence-electron chi connectivity index (χ4n) is 1.99. The number of hydrogen-bond donors (Lipinski definition) is 2. The molecule has 0 saturated carbocycles. The third-order valence-corrected chi connectivity index (χ3v) is 2.94. The van der Waals surface area contributed by atoms with E-state index in [2.05, 4.69) is 10.6 Å². The molecule has 5 nitrogen and oxygen atoms in total. The van der Waals surface area contributed by atoms with E-state index in [0.29, 0.717) is 12.0 Å². The minimum Gasteiger partial charge on any atom is -0.277 e. The van der Waals surface area contributed by atoms with Gasteiger partial charge in [-0.15, -0.1) is 0 Å². The first-order chi connectivity index (χ1) is 7.48. The number of hydrogen-bond acceptors (Lipinski definition) is 3. The minimum absolute atomic E-state index is 0. The molecule has 0 bridgehead atoms. The smallest absolute Gasteiger partial charge is 0.277 e. The maximum absolute atomic E-state index is 11.9. The van der Waals surface area contributed by atoms with Gasteiger partial charge in [-0.2, -0.15) is 0 Å². The van der Waals surface area contributed by atoms with Gasteiger partial charge in [0.1, 0.15) is 5.41 Å². The first-order valence-electron chi connectivity index (χ1n) is 5.33. The van der Waals surface area contributed by atoms with Crippen molar-refractivity contribution < 1.29 is 43.9 Å². The predicted molar refractivity (Wildman–Crippen MR) is 58.5 cm³/mol. The van der Waals surface area contributed by atoms with Gasteiger partial charge < -0.3 is 0 Å². The molecule has 1 aliphatic heterocycles. The number of carbonyl (C=O) groups excluding carboxylic acids is 3. The fraction of sp³-hybridized carbons (Fsp3) is 0.545. The van der Waals surface area contributed by atoms with Crippen LogP contribution < -0.4 is 40.2 Å². The van der Waals surface area contributed by atoms with Crippen LogP contribution in [0.1, 0.15) is 33.6 Å². The summed E-state index contributed by atoms with van der Waals surface area (Å²) in [6, 6.07) is -0.747. The van der Waals surface area contributed by atoms with E-state index < -0.39 is 23.3 Å². The second kappa shape index (κ2) is 6.33. The molecular weight excluding hydrogens is 231 g/mol. The Morgan fingerprint density at radius 2 is 1.65 bits per heavy atom. The molecule has 1 rings (SSSR count). The molecular formula is C11H16N2NaO3+. The van der Waals surface area contributed by atoms with Crippen molar-refractivity contribution in [3.8, 4) is 0 Å². The molecule has 88 valence electrons. The summed E-state index contributed by atoms with van der Waals surface area (Å²) >= 11 is 0. The molecule has 1 heterocycles. The van der Waals surface area contributed by atoms with E-state index in [1.807, 2.05) is 13.0 Å². The van der Waals surface area contributed by atoms with E-state index in [-0.39, 0.29) is 29.6 Å². The SMILES string of the molecule is CC/C=C(\C)C1(CC)C(=O)NC(=O)NC1=O.[Na+]. The number of rotatable bonds is 3. The van der Waals surface area contributed by atoms with Crippen molar-refractivity contribution in [3.05, 3.63) is 11.6 Å². The van der Waals surface area contributed by atoms with Gasteiger partial charge in [-0.25, -0.2) is 4.79 Å². The molecule has 0 aromatic heterocycles. The Morgan fingerprint density at radius 3 is 2.00 bits per heavy atom. The van der Waals surface area contributed by atoms with Crippen LogP contribution in [0.25, 0.3) is 0 Å². The molecule has 0 aromatic carbocycles. The minimum atomic E-state index is -1.23. The Morgan fingerprint density at radius 1 is 1.18 bits per heavy atom. The molecule has 0 spiro atoms. The average Bonchev–Trinajstić information content (AvgIpc) is 2.18. The molecule has 0 aliphatic carbocycles. The number of barbiturate groups is 1. The second-order valence-electron chi connectivity index (χ2n) is 3.79. The quantitative estimate of drug-likeness (QED) is 0.348. The molecule has 0 radical (unpaired) electrons. The van der Waals surface area contributed by atoms with Crippen molar-refractivity contribution in [2.45, 2.75) is 33.6 Å². The van der Waals surface area contributed by atoms with Gasteiger partial charge in [0.05, 0.1) is 0 Å². The van der Waals surface area contributed by atoms with E-state index in [9.17, 15) is 14.4 Å². The van der Waals surface area contributed by atoms with E-state index in [4.69, 9.17) is 0 Å². The van der Waals surface area contributed by atoms with Gasteiger partial charge in [-0.05, 0) is 19.8 Å². The van der Waals surface area contributed by atoms with Crippen molar-refractivity contribution in [2.24, 2.45) is 5.41 Å². The van der Waals surface area contributed by atoms with E-state index in [0.717, 1.165) is 6.42 Å². The zero-order valence-electron chi connectivity index (χ0n) is 10.7. The fourth-order valence-corrected chi connectivity index (χ4v) is 1.99. The Kier molecular flexibility index (Phi) is 6.09. The zero-order chi connectivity index (χ0) is 12.3. The number of amides is 4. The summed E-state index contributed by atoms with van der Waals surface area (Å²) < 4.78 is 0. The van der Waals surface area contributed by atoms with Crippen LogP contribution in [0.2, 0.25) is 0 Å². The molecule has 1 aliphatic rings. The van der Waals surface area contributed by atoms with Crippen molar-refractivity contribution >= 4 is 17.8 Å². The van der Waals surface area contributed by atoms with Crippen LogP contribution in [0.5, 0.6) is 0 Å². The molecule has 1 fully saturated rings. The van der Waals surface area contributed by atoms with E-state index in [1.54, 1.807) is 13.8 Å². The molecule has 0 aromatic rings. The number of imide groups is 2. The predicted octanol–water partition coefficient (Wildman–Crippen LogP) is -1.89. The Balaban J connectivity index is 0.00000256. The first-order valence-corrected chi connectivity index (χ1v) is 5.33. The normalized spacial score (nSPS) is 19.2. The molecule has 4 amide bonds. The van der Waals surface area contributed by atoms with Crippen LogP contribution in [0.15, 0.2) is 11.6 Å². The second-order valence-corrected chi connectivity index (χ2v) is 3.79. The van der Waals surface area contributed by atoms with Crippen LogP contribution in [0, 0.1) is 5.41 Å². The maximum Gasteiger partial charge on any atom is 1.00 e. The standard InChI is InChI=1S/C11H16N2O3.Na/c1-4-6-7(3)11(5-2)8(14)12-10(16)13-9(11)15;/h6H,4-5H2,1-3H3,(H2,12,13,14,15,16);/q;+1/b7-6+;. The summed E-state index contributed by atoms with van der Waals surface area (Å²) in [5.74, 6) is -1.07. The zero-order valence-corrected chi connectivity index (χ0v) is 12.7. The van der Waals surface area contributed by atoms with Gasteiger partial charge in [0.25, 0.3) is 0 Å². The molecule has 0 atom stereocenters.